The van der Waals surface area contributed by atoms with Crippen LogP contribution in [0.25, 0.3) is 0 Å². The number of hydrogen-bond acceptors (Lipinski definition) is 5. The number of halogens is 1. The lowest BCUT2D eigenvalue weighted by Crippen LogP contribution is -2.32. The van der Waals surface area contributed by atoms with Crippen LogP contribution in [0, 0.1) is 0 Å². The maximum absolute atomic E-state index is 5.81. The maximum atomic E-state index is 5.81. The fraction of sp³-hybridized carbons (Fsp3) is 0.556. The molecule has 2 heterocycles. The summed E-state index contributed by atoms with van der Waals surface area (Å²) < 4.78 is 0. The van der Waals surface area contributed by atoms with E-state index in [1.807, 2.05) is 11.8 Å². The Hall–Kier alpha value is -0.520. The number of anilines is 1. The van der Waals surface area contributed by atoms with Gasteiger partial charge in [-0.1, -0.05) is 11.6 Å². The summed E-state index contributed by atoms with van der Waals surface area (Å²) in [4.78, 5) is 10.4. The van der Waals surface area contributed by atoms with Crippen molar-refractivity contribution in [2.24, 2.45) is 0 Å². The molecular weight excluding hydrogens is 232 g/mol. The zero-order valence-corrected chi connectivity index (χ0v) is 9.89. The average molecular weight is 245 g/mol. The minimum atomic E-state index is 0.254. The molecule has 1 saturated heterocycles. The van der Waals surface area contributed by atoms with Crippen molar-refractivity contribution in [1.82, 2.24) is 14.9 Å². The molecule has 6 heteroatoms. The molecule has 0 bridgehead atoms. The zero-order chi connectivity index (χ0) is 10.7. The minimum Gasteiger partial charge on any atom is -0.368 e. The fourth-order valence-corrected chi connectivity index (χ4v) is 2.74. The lowest BCUT2D eigenvalue weighted by Gasteiger charge is -2.25. The fourth-order valence-electron chi connectivity index (χ4n) is 1.55. The Kier molecular flexibility index (Phi) is 3.66. The Bertz CT molecular complexity index is 321. The zero-order valence-electron chi connectivity index (χ0n) is 8.32. The number of hydrogen-bond donors (Lipinski definition) is 1. The third-order valence-electron chi connectivity index (χ3n) is 2.25. The summed E-state index contributed by atoms with van der Waals surface area (Å²) in [6.07, 6.45) is 0. The van der Waals surface area contributed by atoms with Gasteiger partial charge in [-0.3, -0.25) is 4.90 Å². The summed E-state index contributed by atoms with van der Waals surface area (Å²) in [7, 11) is 0. The average Bonchev–Trinajstić information content (AvgIpc) is 2.17. The summed E-state index contributed by atoms with van der Waals surface area (Å²) in [5.74, 6) is 2.63. The third kappa shape index (κ3) is 3.22. The van der Waals surface area contributed by atoms with Gasteiger partial charge in [-0.05, 0) is 6.07 Å². The number of rotatable bonds is 2. The highest BCUT2D eigenvalue weighted by molar-refractivity contribution is 7.99. The highest BCUT2D eigenvalue weighted by atomic mass is 35.5. The van der Waals surface area contributed by atoms with Crippen molar-refractivity contribution in [2.45, 2.75) is 6.54 Å². The molecule has 0 spiro atoms. The molecule has 82 valence electrons. The second kappa shape index (κ2) is 5.01. The van der Waals surface area contributed by atoms with E-state index >= 15 is 0 Å². The topological polar surface area (TPSA) is 55.0 Å². The van der Waals surface area contributed by atoms with Crippen molar-refractivity contribution in [1.29, 1.82) is 0 Å². The van der Waals surface area contributed by atoms with Crippen LogP contribution in [-0.2, 0) is 6.54 Å². The SMILES string of the molecule is Nc1nc(Cl)cc(CN2CCSCC2)n1. The summed E-state index contributed by atoms with van der Waals surface area (Å²) >= 11 is 7.80. The number of nitrogen functional groups attached to an aromatic ring is 1. The normalized spacial score (nSPS) is 17.9. The highest BCUT2D eigenvalue weighted by Gasteiger charge is 2.12. The molecule has 1 aliphatic heterocycles. The van der Waals surface area contributed by atoms with E-state index < -0.39 is 0 Å². The van der Waals surface area contributed by atoms with E-state index in [-0.39, 0.29) is 5.95 Å². The number of thioether (sulfide) groups is 1. The minimum absolute atomic E-state index is 0.254. The van der Waals surface area contributed by atoms with Crippen LogP contribution in [0.5, 0.6) is 0 Å². The molecule has 2 N–H and O–H groups in total. The Labute approximate surface area is 98.2 Å². The van der Waals surface area contributed by atoms with Gasteiger partial charge in [-0.15, -0.1) is 0 Å². The second-order valence-electron chi connectivity index (χ2n) is 3.43. The number of aromatic nitrogens is 2. The largest absolute Gasteiger partial charge is 0.368 e. The first-order valence-corrected chi connectivity index (χ1v) is 6.36. The number of nitrogens with two attached hydrogens (primary N) is 1. The van der Waals surface area contributed by atoms with Gasteiger partial charge >= 0.3 is 0 Å². The van der Waals surface area contributed by atoms with Crippen LogP contribution in [0.3, 0.4) is 0 Å². The van der Waals surface area contributed by atoms with Crippen molar-refractivity contribution in [2.75, 3.05) is 30.3 Å². The molecule has 0 aliphatic carbocycles. The Morgan fingerprint density at radius 1 is 1.40 bits per heavy atom. The molecule has 15 heavy (non-hydrogen) atoms. The molecule has 0 unspecified atom stereocenters. The first-order chi connectivity index (χ1) is 7.24. The number of nitrogens with zero attached hydrogens (tertiary/aromatic N) is 3. The Morgan fingerprint density at radius 2 is 2.13 bits per heavy atom. The second-order valence-corrected chi connectivity index (χ2v) is 5.04. The Balaban J connectivity index is 2.02. The van der Waals surface area contributed by atoms with Crippen molar-refractivity contribution in [3.63, 3.8) is 0 Å². The standard InChI is InChI=1S/C9H13ClN4S/c10-8-5-7(12-9(11)13-8)6-14-1-3-15-4-2-14/h5H,1-4,6H2,(H2,11,12,13). The smallest absolute Gasteiger partial charge is 0.221 e. The Morgan fingerprint density at radius 3 is 2.80 bits per heavy atom. The van der Waals surface area contributed by atoms with Crippen LogP contribution < -0.4 is 5.73 Å². The van der Waals surface area contributed by atoms with Gasteiger partial charge < -0.3 is 5.73 Å². The van der Waals surface area contributed by atoms with Crippen LogP contribution in [-0.4, -0.2) is 39.5 Å². The van der Waals surface area contributed by atoms with E-state index in [2.05, 4.69) is 14.9 Å². The van der Waals surface area contributed by atoms with Crippen LogP contribution in [0.15, 0.2) is 6.07 Å². The highest BCUT2D eigenvalue weighted by Crippen LogP contribution is 2.14. The quantitative estimate of drug-likeness (QED) is 0.794. The lowest BCUT2D eigenvalue weighted by atomic mass is 10.3. The van der Waals surface area contributed by atoms with Gasteiger partial charge in [0.1, 0.15) is 5.15 Å². The summed E-state index contributed by atoms with van der Waals surface area (Å²) in [6, 6.07) is 1.78. The monoisotopic (exact) mass is 244 g/mol. The first kappa shape index (κ1) is 11.0. The maximum Gasteiger partial charge on any atom is 0.221 e. The van der Waals surface area contributed by atoms with E-state index in [1.54, 1.807) is 6.07 Å². The van der Waals surface area contributed by atoms with E-state index in [1.165, 1.54) is 11.5 Å². The van der Waals surface area contributed by atoms with Gasteiger partial charge in [0.25, 0.3) is 0 Å². The lowest BCUT2D eigenvalue weighted by molar-refractivity contribution is 0.291. The van der Waals surface area contributed by atoms with Crippen LogP contribution in [0.4, 0.5) is 5.95 Å². The van der Waals surface area contributed by atoms with E-state index in [0.717, 1.165) is 25.3 Å². The molecule has 0 aromatic carbocycles. The van der Waals surface area contributed by atoms with Crippen molar-refractivity contribution in [3.05, 3.63) is 16.9 Å². The summed E-state index contributed by atoms with van der Waals surface area (Å²) in [5, 5.41) is 0.420. The molecule has 0 saturated carbocycles. The van der Waals surface area contributed by atoms with Gasteiger partial charge in [0, 0.05) is 31.1 Å². The molecule has 4 nitrogen and oxygen atoms in total. The van der Waals surface area contributed by atoms with Crippen molar-refractivity contribution < 1.29 is 0 Å². The van der Waals surface area contributed by atoms with Gasteiger partial charge in [-0.2, -0.15) is 11.8 Å². The molecule has 0 atom stereocenters. The molecule has 1 fully saturated rings. The first-order valence-electron chi connectivity index (χ1n) is 4.83. The van der Waals surface area contributed by atoms with Gasteiger partial charge in [0.15, 0.2) is 0 Å². The summed E-state index contributed by atoms with van der Waals surface area (Å²) in [5.41, 5.74) is 6.44. The van der Waals surface area contributed by atoms with E-state index in [0.29, 0.717) is 5.15 Å². The molecule has 1 aromatic heterocycles. The molecule has 2 rings (SSSR count). The van der Waals surface area contributed by atoms with Crippen molar-refractivity contribution in [3.8, 4) is 0 Å². The van der Waals surface area contributed by atoms with E-state index in [4.69, 9.17) is 17.3 Å². The van der Waals surface area contributed by atoms with Crippen LogP contribution in [0.2, 0.25) is 5.15 Å². The van der Waals surface area contributed by atoms with Gasteiger partial charge in [-0.25, -0.2) is 9.97 Å². The van der Waals surface area contributed by atoms with Crippen LogP contribution >= 0.6 is 23.4 Å². The predicted molar refractivity (Wildman–Crippen MR) is 64.1 cm³/mol. The molecular formula is C9H13ClN4S. The van der Waals surface area contributed by atoms with E-state index in [9.17, 15) is 0 Å². The molecule has 1 aliphatic rings. The molecule has 1 aromatic rings. The molecule has 0 radical (unpaired) electrons. The van der Waals surface area contributed by atoms with Crippen LogP contribution in [0.1, 0.15) is 5.69 Å². The summed E-state index contributed by atoms with van der Waals surface area (Å²) in [6.45, 7) is 3.02. The third-order valence-corrected chi connectivity index (χ3v) is 3.39. The van der Waals surface area contributed by atoms with Gasteiger partial charge in [0.2, 0.25) is 5.95 Å². The van der Waals surface area contributed by atoms with Crippen molar-refractivity contribution >= 4 is 29.3 Å². The molecule has 0 amide bonds. The predicted octanol–water partition coefficient (Wildman–Crippen LogP) is 1.26. The van der Waals surface area contributed by atoms with Gasteiger partial charge in [0.05, 0.1) is 5.69 Å².